The summed E-state index contributed by atoms with van der Waals surface area (Å²) >= 11 is 0. The van der Waals surface area contributed by atoms with Crippen molar-refractivity contribution >= 4 is 5.91 Å². The molecular weight excluding hydrogens is 390 g/mol. The van der Waals surface area contributed by atoms with E-state index in [0.717, 1.165) is 34.9 Å². The molecule has 164 valence electrons. The smallest absolute Gasteiger partial charge is 0.226 e. The van der Waals surface area contributed by atoms with Crippen molar-refractivity contribution in [2.75, 3.05) is 20.2 Å². The van der Waals surface area contributed by atoms with Crippen molar-refractivity contribution in [2.24, 2.45) is 0 Å². The van der Waals surface area contributed by atoms with Crippen molar-refractivity contribution < 1.29 is 14.3 Å². The number of nitrogens with zero attached hydrogens (tertiary/aromatic N) is 3. The van der Waals surface area contributed by atoms with Crippen molar-refractivity contribution in [1.82, 2.24) is 14.7 Å². The number of carbonyl (C=O) groups excluding carboxylic acids is 1. The molecular formula is C25H31N3O3. The summed E-state index contributed by atoms with van der Waals surface area (Å²) in [5.74, 6) is 2.31. The van der Waals surface area contributed by atoms with E-state index in [-0.39, 0.29) is 5.91 Å². The van der Waals surface area contributed by atoms with E-state index in [0.29, 0.717) is 31.8 Å². The van der Waals surface area contributed by atoms with Crippen LogP contribution in [0, 0.1) is 0 Å². The first-order valence-corrected chi connectivity index (χ1v) is 10.9. The number of ether oxygens (including phenoxy) is 2. The van der Waals surface area contributed by atoms with Crippen molar-refractivity contribution in [1.29, 1.82) is 0 Å². The number of aromatic nitrogens is 2. The number of carbonyl (C=O) groups is 1. The minimum atomic E-state index is 0.148. The van der Waals surface area contributed by atoms with Gasteiger partial charge in [-0.1, -0.05) is 25.1 Å². The zero-order valence-electron chi connectivity index (χ0n) is 18.8. The van der Waals surface area contributed by atoms with Gasteiger partial charge < -0.3 is 14.4 Å². The summed E-state index contributed by atoms with van der Waals surface area (Å²) in [6.45, 7) is 7.51. The molecule has 0 radical (unpaired) electrons. The quantitative estimate of drug-likeness (QED) is 0.460. The summed E-state index contributed by atoms with van der Waals surface area (Å²) in [5.41, 5.74) is 2.79. The van der Waals surface area contributed by atoms with Crippen LogP contribution in [0.3, 0.4) is 0 Å². The average Bonchev–Trinajstić information content (AvgIpc) is 3.16. The first kappa shape index (κ1) is 22.4. The van der Waals surface area contributed by atoms with E-state index in [1.165, 1.54) is 0 Å². The van der Waals surface area contributed by atoms with Crippen LogP contribution in [0.5, 0.6) is 17.4 Å². The Bertz CT molecular complexity index is 977. The van der Waals surface area contributed by atoms with Gasteiger partial charge >= 0.3 is 0 Å². The van der Waals surface area contributed by atoms with Crippen LogP contribution in [-0.4, -0.2) is 40.8 Å². The molecule has 0 aliphatic heterocycles. The van der Waals surface area contributed by atoms with E-state index in [1.807, 2.05) is 78.0 Å². The van der Waals surface area contributed by atoms with Gasteiger partial charge in [0.1, 0.15) is 11.5 Å². The van der Waals surface area contributed by atoms with E-state index in [1.54, 1.807) is 7.11 Å². The lowest BCUT2D eigenvalue weighted by atomic mass is 10.1. The number of hydrogen-bond donors (Lipinski definition) is 0. The van der Waals surface area contributed by atoms with Crippen molar-refractivity contribution in [3.05, 3.63) is 65.9 Å². The van der Waals surface area contributed by atoms with Crippen molar-refractivity contribution in [2.45, 2.75) is 40.0 Å². The fourth-order valence-electron chi connectivity index (χ4n) is 3.58. The molecule has 0 atom stereocenters. The number of aryl methyl sites for hydroxylation is 1. The van der Waals surface area contributed by atoms with E-state index in [4.69, 9.17) is 14.6 Å². The first-order valence-electron chi connectivity index (χ1n) is 10.9. The maximum absolute atomic E-state index is 12.6. The Morgan fingerprint density at radius 3 is 2.23 bits per heavy atom. The highest BCUT2D eigenvalue weighted by atomic mass is 16.5. The largest absolute Gasteiger partial charge is 0.497 e. The third kappa shape index (κ3) is 5.26. The van der Waals surface area contributed by atoms with Crippen LogP contribution in [0.2, 0.25) is 0 Å². The maximum Gasteiger partial charge on any atom is 0.226 e. The molecule has 6 heteroatoms. The van der Waals surface area contributed by atoms with E-state index in [2.05, 4.69) is 6.92 Å². The molecule has 0 aliphatic rings. The van der Waals surface area contributed by atoms with Crippen LogP contribution in [-0.2, 0) is 17.6 Å². The maximum atomic E-state index is 12.6. The molecule has 0 saturated heterocycles. The Kier molecular flexibility index (Phi) is 7.70. The Hall–Kier alpha value is -3.28. The number of rotatable bonds is 10. The van der Waals surface area contributed by atoms with Gasteiger partial charge in [-0.3, -0.25) is 4.79 Å². The van der Waals surface area contributed by atoms with Gasteiger partial charge in [-0.05, 0) is 63.1 Å². The first-order chi connectivity index (χ1) is 15.1. The van der Waals surface area contributed by atoms with Crippen LogP contribution < -0.4 is 9.47 Å². The summed E-state index contributed by atoms with van der Waals surface area (Å²) in [5, 5.41) is 4.84. The van der Waals surface area contributed by atoms with Gasteiger partial charge in [0.25, 0.3) is 0 Å². The molecule has 0 aliphatic carbocycles. The SMILES string of the molecule is CCc1nn(-c2ccc(OC)cc2)c(Oc2ccccc2)c1CCC(=O)N(CC)CC. The second kappa shape index (κ2) is 10.7. The fourth-order valence-corrected chi connectivity index (χ4v) is 3.58. The van der Waals surface area contributed by atoms with E-state index >= 15 is 0 Å². The molecule has 2 aromatic carbocycles. The van der Waals surface area contributed by atoms with Crippen LogP contribution in [0.25, 0.3) is 5.69 Å². The topological polar surface area (TPSA) is 56.6 Å². The lowest BCUT2D eigenvalue weighted by molar-refractivity contribution is -0.130. The predicted octanol–water partition coefficient (Wildman–Crippen LogP) is 5.04. The van der Waals surface area contributed by atoms with Gasteiger partial charge in [0, 0.05) is 25.1 Å². The molecule has 0 bridgehead atoms. The Morgan fingerprint density at radius 2 is 1.65 bits per heavy atom. The lowest BCUT2D eigenvalue weighted by Crippen LogP contribution is -2.30. The second-order valence-electron chi connectivity index (χ2n) is 7.17. The zero-order valence-corrected chi connectivity index (χ0v) is 18.8. The summed E-state index contributed by atoms with van der Waals surface area (Å²) < 4.78 is 13.4. The summed E-state index contributed by atoms with van der Waals surface area (Å²) in [7, 11) is 1.65. The molecule has 0 unspecified atom stereocenters. The molecule has 0 N–H and O–H groups in total. The standard InChI is InChI=1S/C25H31N3O3/c1-5-23-22(17-18-24(29)27(6-2)7-3)25(31-21-11-9-8-10-12-21)28(26-23)19-13-15-20(30-4)16-14-19/h8-16H,5-7,17-18H2,1-4H3. The normalized spacial score (nSPS) is 10.7. The lowest BCUT2D eigenvalue weighted by Gasteiger charge is -2.18. The van der Waals surface area contributed by atoms with E-state index < -0.39 is 0 Å². The minimum absolute atomic E-state index is 0.148. The number of amides is 1. The molecule has 3 aromatic rings. The average molecular weight is 422 g/mol. The summed E-state index contributed by atoms with van der Waals surface area (Å²) in [4.78, 5) is 14.5. The molecule has 31 heavy (non-hydrogen) atoms. The number of methoxy groups -OCH3 is 1. The van der Waals surface area contributed by atoms with Crippen LogP contribution in [0.15, 0.2) is 54.6 Å². The zero-order chi connectivity index (χ0) is 22.2. The van der Waals surface area contributed by atoms with Gasteiger partial charge in [0.15, 0.2) is 0 Å². The van der Waals surface area contributed by atoms with Crippen LogP contribution in [0.1, 0.15) is 38.4 Å². The Labute approximate surface area is 184 Å². The molecule has 6 nitrogen and oxygen atoms in total. The monoisotopic (exact) mass is 421 g/mol. The fraction of sp³-hybridized carbons (Fsp3) is 0.360. The molecule has 1 amide bonds. The van der Waals surface area contributed by atoms with Crippen LogP contribution in [0.4, 0.5) is 0 Å². The highest BCUT2D eigenvalue weighted by Gasteiger charge is 2.22. The summed E-state index contributed by atoms with van der Waals surface area (Å²) in [6.07, 6.45) is 1.76. The highest BCUT2D eigenvalue weighted by molar-refractivity contribution is 5.76. The molecule has 0 spiro atoms. The van der Waals surface area contributed by atoms with Crippen LogP contribution >= 0.6 is 0 Å². The molecule has 3 rings (SSSR count). The Morgan fingerprint density at radius 1 is 0.968 bits per heavy atom. The number of hydrogen-bond acceptors (Lipinski definition) is 4. The van der Waals surface area contributed by atoms with Crippen molar-refractivity contribution in [3.8, 4) is 23.1 Å². The van der Waals surface area contributed by atoms with Gasteiger partial charge in [-0.25, -0.2) is 4.68 Å². The molecule has 0 fully saturated rings. The van der Waals surface area contributed by atoms with Crippen molar-refractivity contribution in [3.63, 3.8) is 0 Å². The summed E-state index contributed by atoms with van der Waals surface area (Å²) in [6, 6.07) is 17.4. The third-order valence-corrected chi connectivity index (χ3v) is 5.33. The molecule has 0 saturated carbocycles. The Balaban J connectivity index is 2.00. The van der Waals surface area contributed by atoms with Gasteiger partial charge in [-0.2, -0.15) is 5.10 Å². The number of benzene rings is 2. The van der Waals surface area contributed by atoms with E-state index in [9.17, 15) is 4.79 Å². The minimum Gasteiger partial charge on any atom is -0.497 e. The predicted molar refractivity (Wildman–Crippen MR) is 122 cm³/mol. The second-order valence-corrected chi connectivity index (χ2v) is 7.17. The molecule has 1 heterocycles. The van der Waals surface area contributed by atoms with Gasteiger partial charge in [0.05, 0.1) is 18.5 Å². The highest BCUT2D eigenvalue weighted by Crippen LogP contribution is 2.32. The van der Waals surface area contributed by atoms with Gasteiger partial charge in [-0.15, -0.1) is 0 Å². The van der Waals surface area contributed by atoms with Gasteiger partial charge in [0.2, 0.25) is 11.8 Å². The number of para-hydroxylation sites is 1. The molecule has 1 aromatic heterocycles. The third-order valence-electron chi connectivity index (χ3n) is 5.33.